The molecule has 0 bridgehead atoms. The first kappa shape index (κ1) is 23.1. The monoisotopic (exact) mass is 514 g/mol. The lowest BCUT2D eigenvalue weighted by molar-refractivity contribution is -0.141. The van der Waals surface area contributed by atoms with Gasteiger partial charge in [-0.15, -0.1) is 0 Å². The number of ether oxygens (including phenoxy) is 2. The third kappa shape index (κ3) is 4.07. The van der Waals surface area contributed by atoms with Gasteiger partial charge in [0, 0.05) is 35.0 Å². The van der Waals surface area contributed by atoms with Crippen LogP contribution in [0.25, 0.3) is 27.8 Å². The van der Waals surface area contributed by atoms with Crippen LogP contribution in [0.1, 0.15) is 29.5 Å². The first-order chi connectivity index (χ1) is 17.8. The van der Waals surface area contributed by atoms with Crippen LogP contribution in [-0.4, -0.2) is 59.7 Å². The van der Waals surface area contributed by atoms with Crippen LogP contribution in [0.4, 0.5) is 17.6 Å². The third-order valence-electron chi connectivity index (χ3n) is 6.28. The molecular formula is C23H18F4N8O2. The summed E-state index contributed by atoms with van der Waals surface area (Å²) in [5, 5.41) is 8.73. The SMILES string of the molecule is COc1ncc(-c2cc(C3CC3c3cc4c(cn3)cnn4CC(F)(F)F)c3ncc(F)n3n2)c(OC)n1. The second-order valence-corrected chi connectivity index (χ2v) is 8.61. The number of methoxy groups -OCH3 is 2. The largest absolute Gasteiger partial charge is 0.480 e. The molecular weight excluding hydrogens is 496 g/mol. The summed E-state index contributed by atoms with van der Waals surface area (Å²) in [7, 11) is 2.86. The fraction of sp³-hybridized carbons (Fsp3) is 0.304. The number of halogens is 4. The van der Waals surface area contributed by atoms with E-state index in [1.807, 2.05) is 0 Å². The smallest absolute Gasteiger partial charge is 0.408 e. The molecule has 1 fully saturated rings. The molecule has 190 valence electrons. The highest BCUT2D eigenvalue weighted by molar-refractivity contribution is 5.78. The molecule has 14 heteroatoms. The van der Waals surface area contributed by atoms with Gasteiger partial charge in [0.05, 0.1) is 43.4 Å². The highest BCUT2D eigenvalue weighted by atomic mass is 19.4. The third-order valence-corrected chi connectivity index (χ3v) is 6.28. The van der Waals surface area contributed by atoms with Gasteiger partial charge in [-0.05, 0) is 24.5 Å². The Morgan fingerprint density at radius 2 is 1.84 bits per heavy atom. The Morgan fingerprint density at radius 1 is 1.00 bits per heavy atom. The van der Waals surface area contributed by atoms with Gasteiger partial charge in [0.15, 0.2) is 5.65 Å². The van der Waals surface area contributed by atoms with Gasteiger partial charge in [0.25, 0.3) is 0 Å². The molecule has 5 aromatic heterocycles. The van der Waals surface area contributed by atoms with Crippen LogP contribution in [0, 0.1) is 5.95 Å². The van der Waals surface area contributed by atoms with Crippen molar-refractivity contribution in [3.05, 3.63) is 54.1 Å². The molecule has 0 amide bonds. The predicted octanol–water partition coefficient (Wildman–Crippen LogP) is 3.92. The van der Waals surface area contributed by atoms with Crippen LogP contribution in [0.2, 0.25) is 0 Å². The van der Waals surface area contributed by atoms with E-state index in [4.69, 9.17) is 9.47 Å². The van der Waals surface area contributed by atoms with Crippen LogP contribution in [-0.2, 0) is 6.54 Å². The minimum absolute atomic E-state index is 0.101. The molecule has 2 unspecified atom stereocenters. The van der Waals surface area contributed by atoms with Gasteiger partial charge in [-0.2, -0.15) is 37.3 Å². The average Bonchev–Trinajstić information content (AvgIpc) is 3.47. The van der Waals surface area contributed by atoms with Crippen molar-refractivity contribution in [3.8, 4) is 23.1 Å². The summed E-state index contributed by atoms with van der Waals surface area (Å²) in [6, 6.07) is 3.50. The summed E-state index contributed by atoms with van der Waals surface area (Å²) in [5.74, 6) is -0.673. The van der Waals surface area contributed by atoms with Gasteiger partial charge >= 0.3 is 12.2 Å². The molecule has 1 saturated carbocycles. The lowest BCUT2D eigenvalue weighted by atomic mass is 10.1. The van der Waals surface area contributed by atoms with E-state index in [0.29, 0.717) is 45.5 Å². The first-order valence-corrected chi connectivity index (χ1v) is 11.1. The number of alkyl halides is 3. The van der Waals surface area contributed by atoms with Gasteiger partial charge in [0.2, 0.25) is 11.8 Å². The van der Waals surface area contributed by atoms with Gasteiger partial charge in [0.1, 0.15) is 6.54 Å². The van der Waals surface area contributed by atoms with Crippen molar-refractivity contribution in [2.45, 2.75) is 31.0 Å². The molecule has 6 rings (SSSR count). The van der Waals surface area contributed by atoms with Crippen molar-refractivity contribution in [1.29, 1.82) is 0 Å². The van der Waals surface area contributed by atoms with E-state index in [-0.39, 0.29) is 23.7 Å². The zero-order valence-corrected chi connectivity index (χ0v) is 19.4. The topological polar surface area (TPSA) is 105 Å². The van der Waals surface area contributed by atoms with E-state index < -0.39 is 18.7 Å². The van der Waals surface area contributed by atoms with Crippen molar-refractivity contribution < 1.29 is 27.0 Å². The van der Waals surface area contributed by atoms with E-state index in [9.17, 15) is 17.6 Å². The van der Waals surface area contributed by atoms with Crippen molar-refractivity contribution in [2.75, 3.05) is 14.2 Å². The molecule has 0 N–H and O–H groups in total. The van der Waals surface area contributed by atoms with Crippen LogP contribution in [0.5, 0.6) is 11.9 Å². The van der Waals surface area contributed by atoms with Crippen LogP contribution >= 0.6 is 0 Å². The molecule has 37 heavy (non-hydrogen) atoms. The molecule has 10 nitrogen and oxygen atoms in total. The van der Waals surface area contributed by atoms with Gasteiger partial charge < -0.3 is 9.47 Å². The molecule has 5 aromatic rings. The summed E-state index contributed by atoms with van der Waals surface area (Å²) < 4.78 is 65.9. The van der Waals surface area contributed by atoms with Crippen LogP contribution in [0.3, 0.4) is 0 Å². The number of nitrogens with zero attached hydrogens (tertiary/aromatic N) is 8. The highest BCUT2D eigenvalue weighted by Crippen LogP contribution is 2.55. The number of hydrogen-bond acceptors (Lipinski definition) is 8. The van der Waals surface area contributed by atoms with Crippen molar-refractivity contribution in [2.24, 2.45) is 0 Å². The Balaban J connectivity index is 1.40. The van der Waals surface area contributed by atoms with Gasteiger partial charge in [-0.25, -0.2) is 9.97 Å². The average molecular weight is 514 g/mol. The number of imidazole rings is 1. The summed E-state index contributed by atoms with van der Waals surface area (Å²) in [6.07, 6.45) is 1.67. The number of pyridine rings is 1. The number of aromatic nitrogens is 8. The quantitative estimate of drug-likeness (QED) is 0.314. The fourth-order valence-corrected chi connectivity index (χ4v) is 4.50. The number of fused-ring (bicyclic) bond motifs is 2. The molecule has 0 aromatic carbocycles. The zero-order chi connectivity index (χ0) is 25.9. The maximum Gasteiger partial charge on any atom is 0.408 e. The highest BCUT2D eigenvalue weighted by Gasteiger charge is 2.43. The Labute approximate surface area is 205 Å². The lowest BCUT2D eigenvalue weighted by Crippen LogP contribution is -2.18. The Hall–Kier alpha value is -4.36. The summed E-state index contributed by atoms with van der Waals surface area (Å²) in [6.45, 7) is -1.19. The molecule has 1 aliphatic carbocycles. The Bertz CT molecular complexity index is 1650. The molecule has 0 aliphatic heterocycles. The number of hydrogen-bond donors (Lipinski definition) is 0. The molecule has 1 aliphatic rings. The lowest BCUT2D eigenvalue weighted by Gasteiger charge is -2.11. The fourth-order valence-electron chi connectivity index (χ4n) is 4.50. The second-order valence-electron chi connectivity index (χ2n) is 8.61. The van der Waals surface area contributed by atoms with Crippen molar-refractivity contribution in [3.63, 3.8) is 0 Å². The van der Waals surface area contributed by atoms with E-state index in [2.05, 4.69) is 30.1 Å². The molecule has 0 saturated heterocycles. The Kier molecular flexibility index (Phi) is 5.21. The van der Waals surface area contributed by atoms with Gasteiger partial charge in [-0.1, -0.05) is 0 Å². The minimum Gasteiger partial charge on any atom is -0.480 e. The molecule has 0 spiro atoms. The van der Waals surface area contributed by atoms with Crippen molar-refractivity contribution >= 4 is 16.6 Å². The van der Waals surface area contributed by atoms with Crippen molar-refractivity contribution in [1.82, 2.24) is 39.3 Å². The van der Waals surface area contributed by atoms with Gasteiger partial charge in [-0.3, -0.25) is 9.67 Å². The van der Waals surface area contributed by atoms with E-state index >= 15 is 0 Å². The van der Waals surface area contributed by atoms with E-state index in [1.54, 1.807) is 12.1 Å². The summed E-state index contributed by atoms with van der Waals surface area (Å²) >= 11 is 0. The zero-order valence-electron chi connectivity index (χ0n) is 19.4. The second kappa shape index (κ2) is 8.35. The standard InChI is InChI=1S/C23H18F4N8O2/c1-36-21-15(8-30-22(32-21)37-2)17-4-14(20-29-9-19(24)35(20)33-17)12-3-13(12)16-5-18-11(6-28-16)7-31-34(18)10-23(25,26)27/h4-9,12-13H,3,10H2,1-2H3. The Morgan fingerprint density at radius 3 is 2.59 bits per heavy atom. The maximum atomic E-state index is 14.6. The molecule has 2 atom stereocenters. The van der Waals surface area contributed by atoms with Crippen LogP contribution in [0.15, 0.2) is 36.9 Å². The molecule has 5 heterocycles. The van der Waals surface area contributed by atoms with E-state index in [1.165, 1.54) is 32.8 Å². The van der Waals surface area contributed by atoms with Crippen LogP contribution < -0.4 is 9.47 Å². The number of rotatable bonds is 6. The van der Waals surface area contributed by atoms with E-state index in [0.717, 1.165) is 15.4 Å². The summed E-state index contributed by atoms with van der Waals surface area (Å²) in [4.78, 5) is 16.9. The molecule has 0 radical (unpaired) electrons. The minimum atomic E-state index is -4.40. The maximum absolute atomic E-state index is 14.6. The normalized spacial score (nSPS) is 17.5. The summed E-state index contributed by atoms with van der Waals surface area (Å²) in [5.41, 5.74) is 2.80. The first-order valence-electron chi connectivity index (χ1n) is 11.1. The predicted molar refractivity (Wildman–Crippen MR) is 121 cm³/mol.